The molecule has 0 unspecified atom stereocenters. The maximum atomic E-state index is 13.1. The molecular formula is C22H16Cl2N4O4S. The van der Waals surface area contributed by atoms with E-state index in [9.17, 15) is 14.4 Å². The van der Waals surface area contributed by atoms with Crippen molar-refractivity contribution in [3.8, 4) is 5.75 Å². The van der Waals surface area contributed by atoms with Crippen molar-refractivity contribution in [1.82, 2.24) is 4.98 Å². The minimum Gasteiger partial charge on any atom is -0.495 e. The van der Waals surface area contributed by atoms with E-state index in [0.29, 0.717) is 21.4 Å². The molecular weight excluding hydrogens is 487 g/mol. The molecule has 0 spiro atoms. The fourth-order valence-corrected chi connectivity index (χ4v) is 4.19. The minimum atomic E-state index is -0.724. The number of imide groups is 1. The van der Waals surface area contributed by atoms with E-state index < -0.39 is 11.8 Å². The standard InChI is InChI=1S/C22H16Cl2N4O4S/c1-11-10-33-22(25-11)27-19(29)12-4-3-5-14(8-12)26-18-17(24)20(30)28(21(18)31)15-9-13(23)6-7-16(15)32-2/h3-10,26H,1-2H3,(H,25,27,29). The lowest BCUT2D eigenvalue weighted by molar-refractivity contribution is -0.120. The summed E-state index contributed by atoms with van der Waals surface area (Å²) in [5, 5.41) is 7.90. The number of anilines is 3. The van der Waals surface area contributed by atoms with Gasteiger partial charge in [0.25, 0.3) is 17.7 Å². The summed E-state index contributed by atoms with van der Waals surface area (Å²) in [4.78, 5) is 43.5. The van der Waals surface area contributed by atoms with Crippen LogP contribution in [0.2, 0.25) is 5.02 Å². The van der Waals surface area contributed by atoms with Gasteiger partial charge >= 0.3 is 0 Å². The maximum absolute atomic E-state index is 13.1. The molecule has 0 saturated heterocycles. The van der Waals surface area contributed by atoms with Gasteiger partial charge in [0.2, 0.25) is 0 Å². The molecule has 2 heterocycles. The number of aromatic nitrogens is 1. The maximum Gasteiger partial charge on any atom is 0.283 e. The second-order valence-corrected chi connectivity index (χ2v) is 8.58. The van der Waals surface area contributed by atoms with Crippen LogP contribution >= 0.6 is 34.5 Å². The monoisotopic (exact) mass is 502 g/mol. The van der Waals surface area contributed by atoms with E-state index in [4.69, 9.17) is 27.9 Å². The number of hydrogen-bond acceptors (Lipinski definition) is 7. The normalized spacial score (nSPS) is 13.5. The molecule has 1 aromatic heterocycles. The van der Waals surface area contributed by atoms with E-state index in [1.54, 1.807) is 30.3 Å². The van der Waals surface area contributed by atoms with Crippen molar-refractivity contribution in [2.75, 3.05) is 22.6 Å². The smallest absolute Gasteiger partial charge is 0.283 e. The predicted octanol–water partition coefficient (Wildman–Crippen LogP) is 4.80. The van der Waals surface area contributed by atoms with Crippen molar-refractivity contribution in [2.45, 2.75) is 6.92 Å². The second-order valence-electron chi connectivity index (χ2n) is 6.90. The number of hydrogen-bond donors (Lipinski definition) is 2. The molecule has 1 aliphatic heterocycles. The molecule has 3 aromatic rings. The van der Waals surface area contributed by atoms with Gasteiger partial charge in [-0.1, -0.05) is 29.3 Å². The highest BCUT2D eigenvalue weighted by Crippen LogP contribution is 2.37. The van der Waals surface area contributed by atoms with Gasteiger partial charge in [-0.2, -0.15) is 0 Å². The summed E-state index contributed by atoms with van der Waals surface area (Å²) in [5.41, 5.74) is 1.57. The third-order valence-electron chi connectivity index (χ3n) is 4.64. The minimum absolute atomic E-state index is 0.128. The van der Waals surface area contributed by atoms with E-state index in [1.807, 2.05) is 12.3 Å². The number of thiazole rings is 1. The molecule has 0 saturated carbocycles. The topological polar surface area (TPSA) is 101 Å². The molecule has 2 aromatic carbocycles. The number of nitrogens with one attached hydrogen (secondary N) is 2. The molecule has 1 aliphatic rings. The van der Waals surface area contributed by atoms with E-state index in [-0.39, 0.29) is 28.1 Å². The molecule has 0 bridgehead atoms. The summed E-state index contributed by atoms with van der Waals surface area (Å²) in [7, 11) is 1.41. The van der Waals surface area contributed by atoms with Crippen LogP contribution < -0.4 is 20.3 Å². The third-order valence-corrected chi connectivity index (χ3v) is 6.10. The SMILES string of the molecule is COc1ccc(Cl)cc1N1C(=O)C(Cl)=C(Nc2cccc(C(=O)Nc3nc(C)cs3)c2)C1=O. The molecule has 2 N–H and O–H groups in total. The number of carbonyl (C=O) groups excluding carboxylic acids is 3. The van der Waals surface area contributed by atoms with Gasteiger partial charge in [0, 0.05) is 21.7 Å². The van der Waals surface area contributed by atoms with Crippen molar-refractivity contribution in [2.24, 2.45) is 0 Å². The van der Waals surface area contributed by atoms with E-state index in [2.05, 4.69) is 15.6 Å². The number of aryl methyl sites for hydroxylation is 1. The lowest BCUT2D eigenvalue weighted by atomic mass is 10.2. The molecule has 0 atom stereocenters. The number of nitrogens with zero attached hydrogens (tertiary/aromatic N) is 2. The number of benzene rings is 2. The largest absolute Gasteiger partial charge is 0.495 e. The van der Waals surface area contributed by atoms with Crippen LogP contribution in [0.25, 0.3) is 0 Å². The van der Waals surface area contributed by atoms with Gasteiger partial charge in [-0.15, -0.1) is 11.3 Å². The molecule has 8 nitrogen and oxygen atoms in total. The van der Waals surface area contributed by atoms with Crippen LogP contribution in [0.15, 0.2) is 58.6 Å². The van der Waals surface area contributed by atoms with Crippen LogP contribution in [0.3, 0.4) is 0 Å². The Bertz CT molecular complexity index is 1320. The zero-order chi connectivity index (χ0) is 23.7. The number of rotatable bonds is 6. The highest BCUT2D eigenvalue weighted by Gasteiger charge is 2.40. The average Bonchev–Trinajstić information content (AvgIpc) is 3.29. The Hall–Kier alpha value is -3.40. The van der Waals surface area contributed by atoms with Gasteiger partial charge in [-0.05, 0) is 43.3 Å². The molecule has 33 heavy (non-hydrogen) atoms. The zero-order valence-electron chi connectivity index (χ0n) is 17.3. The summed E-state index contributed by atoms with van der Waals surface area (Å²) < 4.78 is 5.26. The zero-order valence-corrected chi connectivity index (χ0v) is 19.6. The average molecular weight is 503 g/mol. The van der Waals surface area contributed by atoms with E-state index in [1.165, 1.54) is 30.6 Å². The summed E-state index contributed by atoms with van der Waals surface area (Å²) in [5.74, 6) is -1.49. The van der Waals surface area contributed by atoms with Crippen LogP contribution in [0.5, 0.6) is 5.75 Å². The van der Waals surface area contributed by atoms with Gasteiger partial charge in [0.05, 0.1) is 18.5 Å². The molecule has 0 aliphatic carbocycles. The molecule has 4 rings (SSSR count). The molecule has 11 heteroatoms. The van der Waals surface area contributed by atoms with Gasteiger partial charge < -0.3 is 10.1 Å². The first-order chi connectivity index (χ1) is 15.8. The van der Waals surface area contributed by atoms with Crippen molar-refractivity contribution in [3.05, 3.63) is 74.9 Å². The summed E-state index contributed by atoms with van der Waals surface area (Å²) in [6.45, 7) is 1.83. The molecule has 168 valence electrons. The third kappa shape index (κ3) is 4.56. The quantitative estimate of drug-likeness (QED) is 0.469. The number of halogens is 2. The number of carbonyl (C=O) groups is 3. The van der Waals surface area contributed by atoms with Gasteiger partial charge in [0.15, 0.2) is 5.13 Å². The first-order valence-corrected chi connectivity index (χ1v) is 11.1. The lowest BCUT2D eigenvalue weighted by Crippen LogP contribution is -2.32. The van der Waals surface area contributed by atoms with Crippen molar-refractivity contribution in [3.63, 3.8) is 0 Å². The Morgan fingerprint density at radius 2 is 1.91 bits per heavy atom. The fraction of sp³-hybridized carbons (Fsp3) is 0.0909. The Morgan fingerprint density at radius 3 is 2.61 bits per heavy atom. The second kappa shape index (κ2) is 9.22. The number of methoxy groups -OCH3 is 1. The van der Waals surface area contributed by atoms with Crippen molar-refractivity contribution in [1.29, 1.82) is 0 Å². The van der Waals surface area contributed by atoms with Crippen molar-refractivity contribution < 1.29 is 19.1 Å². The van der Waals surface area contributed by atoms with Crippen molar-refractivity contribution >= 4 is 68.8 Å². The summed E-state index contributed by atoms with van der Waals surface area (Å²) >= 11 is 13.6. The molecule has 3 amide bonds. The first kappa shape index (κ1) is 22.8. The fourth-order valence-electron chi connectivity index (χ4n) is 3.13. The first-order valence-electron chi connectivity index (χ1n) is 9.51. The van der Waals surface area contributed by atoms with E-state index >= 15 is 0 Å². The molecule has 0 fully saturated rings. The Balaban J connectivity index is 1.57. The van der Waals surface area contributed by atoms with Crippen LogP contribution in [0.1, 0.15) is 16.1 Å². The number of ether oxygens (including phenoxy) is 1. The Kier molecular flexibility index (Phi) is 6.37. The van der Waals surface area contributed by atoms with Crippen LogP contribution in [0.4, 0.5) is 16.5 Å². The van der Waals surface area contributed by atoms with Gasteiger partial charge in [-0.3, -0.25) is 19.7 Å². The van der Waals surface area contributed by atoms with Gasteiger partial charge in [0.1, 0.15) is 16.5 Å². The molecule has 0 radical (unpaired) electrons. The van der Waals surface area contributed by atoms with Crippen LogP contribution in [-0.4, -0.2) is 29.8 Å². The van der Waals surface area contributed by atoms with Gasteiger partial charge in [-0.25, -0.2) is 9.88 Å². The van der Waals surface area contributed by atoms with E-state index in [0.717, 1.165) is 10.6 Å². The predicted molar refractivity (Wildman–Crippen MR) is 128 cm³/mol. The van der Waals surface area contributed by atoms with Crippen LogP contribution in [0, 0.1) is 6.92 Å². The lowest BCUT2D eigenvalue weighted by Gasteiger charge is -2.18. The summed E-state index contributed by atoms with van der Waals surface area (Å²) in [6.07, 6.45) is 0. The highest BCUT2D eigenvalue weighted by molar-refractivity contribution is 7.13. The summed E-state index contributed by atoms with van der Waals surface area (Å²) in [6, 6.07) is 11.0. The number of amides is 3. The highest BCUT2D eigenvalue weighted by atomic mass is 35.5. The van der Waals surface area contributed by atoms with Crippen LogP contribution in [-0.2, 0) is 9.59 Å². The Labute approximate surface area is 202 Å². The Morgan fingerprint density at radius 1 is 1.12 bits per heavy atom.